The van der Waals surface area contributed by atoms with Crippen LogP contribution in [0.25, 0.3) is 0 Å². The van der Waals surface area contributed by atoms with Crippen molar-refractivity contribution < 1.29 is 18.7 Å². The molecule has 102 valence electrons. The number of esters is 1. The predicted molar refractivity (Wildman–Crippen MR) is 67.2 cm³/mol. The second-order valence-electron chi connectivity index (χ2n) is 4.64. The molecule has 1 aliphatic rings. The summed E-state index contributed by atoms with van der Waals surface area (Å²) in [6, 6.07) is 3.53. The van der Waals surface area contributed by atoms with Crippen LogP contribution in [0.3, 0.4) is 0 Å². The SMILES string of the molecule is COC(=O)C1CCCN1C(=O)c1cc(F)ccc1C. The molecule has 1 saturated heterocycles. The molecule has 0 aromatic heterocycles. The average molecular weight is 265 g/mol. The van der Waals surface area contributed by atoms with Crippen LogP contribution in [-0.2, 0) is 9.53 Å². The highest BCUT2D eigenvalue weighted by Crippen LogP contribution is 2.22. The Morgan fingerprint density at radius 3 is 2.84 bits per heavy atom. The van der Waals surface area contributed by atoms with E-state index in [4.69, 9.17) is 4.74 Å². The molecule has 0 radical (unpaired) electrons. The van der Waals surface area contributed by atoms with Crippen LogP contribution in [0.1, 0.15) is 28.8 Å². The first-order valence-corrected chi connectivity index (χ1v) is 6.19. The molecule has 1 fully saturated rings. The number of aryl methyl sites for hydroxylation is 1. The summed E-state index contributed by atoms with van der Waals surface area (Å²) < 4.78 is 18.0. The molecule has 5 heteroatoms. The lowest BCUT2D eigenvalue weighted by Gasteiger charge is -2.23. The van der Waals surface area contributed by atoms with Crippen molar-refractivity contribution in [3.05, 3.63) is 35.1 Å². The molecule has 1 atom stereocenters. The molecule has 19 heavy (non-hydrogen) atoms. The fourth-order valence-electron chi connectivity index (χ4n) is 2.37. The van der Waals surface area contributed by atoms with Crippen LogP contribution in [0.2, 0.25) is 0 Å². The topological polar surface area (TPSA) is 46.6 Å². The lowest BCUT2D eigenvalue weighted by Crippen LogP contribution is -2.41. The summed E-state index contributed by atoms with van der Waals surface area (Å²) in [7, 11) is 1.30. The fourth-order valence-corrected chi connectivity index (χ4v) is 2.37. The van der Waals surface area contributed by atoms with Crippen molar-refractivity contribution in [3.63, 3.8) is 0 Å². The Kier molecular flexibility index (Phi) is 3.83. The molecule has 0 saturated carbocycles. The van der Waals surface area contributed by atoms with E-state index in [1.165, 1.54) is 24.1 Å². The maximum atomic E-state index is 13.3. The Morgan fingerprint density at radius 1 is 1.42 bits per heavy atom. The number of rotatable bonds is 2. The summed E-state index contributed by atoms with van der Waals surface area (Å²) in [5, 5.41) is 0. The first-order valence-electron chi connectivity index (χ1n) is 6.19. The Bertz CT molecular complexity index is 515. The number of carbonyl (C=O) groups is 2. The number of amides is 1. The van der Waals surface area contributed by atoms with Gasteiger partial charge in [-0.05, 0) is 37.5 Å². The summed E-state index contributed by atoms with van der Waals surface area (Å²) in [6.07, 6.45) is 1.34. The van der Waals surface area contributed by atoms with Gasteiger partial charge in [0.2, 0.25) is 0 Å². The summed E-state index contributed by atoms with van der Waals surface area (Å²) in [5.41, 5.74) is 0.998. The van der Waals surface area contributed by atoms with Gasteiger partial charge < -0.3 is 9.64 Å². The molecule has 1 aromatic carbocycles. The molecule has 0 aliphatic carbocycles. The van der Waals surface area contributed by atoms with E-state index in [0.29, 0.717) is 24.1 Å². The van der Waals surface area contributed by atoms with E-state index in [0.717, 1.165) is 6.42 Å². The maximum absolute atomic E-state index is 13.3. The number of methoxy groups -OCH3 is 1. The van der Waals surface area contributed by atoms with E-state index in [-0.39, 0.29) is 5.91 Å². The van der Waals surface area contributed by atoms with Crippen LogP contribution in [0.5, 0.6) is 0 Å². The zero-order valence-electron chi connectivity index (χ0n) is 11.0. The number of carbonyl (C=O) groups excluding carboxylic acids is 2. The number of ether oxygens (including phenoxy) is 1. The summed E-state index contributed by atoms with van der Waals surface area (Å²) in [5.74, 6) is -1.19. The molecule has 1 aromatic rings. The van der Waals surface area contributed by atoms with Crippen LogP contribution in [0.4, 0.5) is 4.39 Å². The van der Waals surface area contributed by atoms with Gasteiger partial charge in [0, 0.05) is 12.1 Å². The first kappa shape index (κ1) is 13.5. The minimum atomic E-state index is -0.555. The van der Waals surface area contributed by atoms with Crippen LogP contribution in [0.15, 0.2) is 18.2 Å². The van der Waals surface area contributed by atoms with Gasteiger partial charge in [-0.15, -0.1) is 0 Å². The predicted octanol–water partition coefficient (Wildman–Crippen LogP) is 1.91. The number of nitrogens with zero attached hydrogens (tertiary/aromatic N) is 1. The Labute approximate surface area is 111 Å². The molecular weight excluding hydrogens is 249 g/mol. The standard InChI is InChI=1S/C14H16FNO3/c1-9-5-6-10(15)8-11(9)13(17)16-7-3-4-12(16)14(18)19-2/h5-6,8,12H,3-4,7H2,1-2H3. The van der Waals surface area contributed by atoms with Gasteiger partial charge in [0.25, 0.3) is 5.91 Å². The molecule has 2 rings (SSSR count). The molecule has 1 amide bonds. The van der Waals surface area contributed by atoms with Crippen molar-refractivity contribution in [1.29, 1.82) is 0 Å². The lowest BCUT2D eigenvalue weighted by molar-refractivity contribution is -0.145. The zero-order chi connectivity index (χ0) is 14.0. The summed E-state index contributed by atoms with van der Waals surface area (Å²) in [6.45, 7) is 2.24. The Balaban J connectivity index is 2.28. The number of benzene rings is 1. The van der Waals surface area contributed by atoms with Crippen molar-refractivity contribution >= 4 is 11.9 Å². The largest absolute Gasteiger partial charge is 0.467 e. The monoisotopic (exact) mass is 265 g/mol. The fraction of sp³-hybridized carbons (Fsp3) is 0.429. The van der Waals surface area contributed by atoms with Gasteiger partial charge in [-0.25, -0.2) is 9.18 Å². The first-order chi connectivity index (χ1) is 9.04. The Hall–Kier alpha value is -1.91. The smallest absolute Gasteiger partial charge is 0.328 e. The molecule has 1 heterocycles. The van der Waals surface area contributed by atoms with Gasteiger partial charge >= 0.3 is 5.97 Å². The molecule has 1 aliphatic heterocycles. The zero-order valence-corrected chi connectivity index (χ0v) is 11.0. The van der Waals surface area contributed by atoms with Crippen LogP contribution >= 0.6 is 0 Å². The minimum Gasteiger partial charge on any atom is -0.467 e. The molecular formula is C14H16FNO3. The minimum absolute atomic E-state index is 0.302. The molecule has 1 unspecified atom stereocenters. The van der Waals surface area contributed by atoms with E-state index in [2.05, 4.69) is 0 Å². The third-order valence-corrected chi connectivity index (χ3v) is 3.42. The van der Waals surface area contributed by atoms with E-state index in [1.807, 2.05) is 0 Å². The van der Waals surface area contributed by atoms with Crippen LogP contribution < -0.4 is 0 Å². The number of halogens is 1. The quantitative estimate of drug-likeness (QED) is 0.767. The van der Waals surface area contributed by atoms with Gasteiger partial charge in [-0.1, -0.05) is 6.07 Å². The normalized spacial score (nSPS) is 18.5. The van der Waals surface area contributed by atoms with Crippen LogP contribution in [-0.4, -0.2) is 36.5 Å². The maximum Gasteiger partial charge on any atom is 0.328 e. The third-order valence-electron chi connectivity index (χ3n) is 3.42. The highest BCUT2D eigenvalue weighted by molar-refractivity contribution is 5.98. The third kappa shape index (κ3) is 2.59. The average Bonchev–Trinajstić information content (AvgIpc) is 2.89. The van der Waals surface area contributed by atoms with Crippen molar-refractivity contribution in [2.75, 3.05) is 13.7 Å². The highest BCUT2D eigenvalue weighted by atomic mass is 19.1. The van der Waals surface area contributed by atoms with Crippen molar-refractivity contribution in [1.82, 2.24) is 4.90 Å². The van der Waals surface area contributed by atoms with E-state index in [1.54, 1.807) is 13.0 Å². The van der Waals surface area contributed by atoms with E-state index < -0.39 is 17.8 Å². The molecule has 0 spiro atoms. The van der Waals surface area contributed by atoms with Gasteiger partial charge in [-0.3, -0.25) is 4.79 Å². The second-order valence-corrected chi connectivity index (χ2v) is 4.64. The van der Waals surface area contributed by atoms with E-state index in [9.17, 15) is 14.0 Å². The Morgan fingerprint density at radius 2 is 2.16 bits per heavy atom. The highest BCUT2D eigenvalue weighted by Gasteiger charge is 2.35. The van der Waals surface area contributed by atoms with Gasteiger partial charge in [-0.2, -0.15) is 0 Å². The van der Waals surface area contributed by atoms with Gasteiger partial charge in [0.1, 0.15) is 11.9 Å². The number of hydrogen-bond donors (Lipinski definition) is 0. The summed E-state index contributed by atoms with van der Waals surface area (Å²) >= 11 is 0. The van der Waals surface area contributed by atoms with Crippen molar-refractivity contribution in [2.45, 2.75) is 25.8 Å². The molecule has 4 nitrogen and oxygen atoms in total. The second kappa shape index (κ2) is 5.38. The van der Waals surface area contributed by atoms with E-state index >= 15 is 0 Å². The molecule has 0 N–H and O–H groups in total. The lowest BCUT2D eigenvalue weighted by atomic mass is 10.1. The van der Waals surface area contributed by atoms with Crippen molar-refractivity contribution in [2.24, 2.45) is 0 Å². The van der Waals surface area contributed by atoms with Crippen molar-refractivity contribution in [3.8, 4) is 0 Å². The number of likely N-dealkylation sites (tertiary alicyclic amines) is 1. The van der Waals surface area contributed by atoms with Crippen LogP contribution in [0, 0.1) is 12.7 Å². The summed E-state index contributed by atoms with van der Waals surface area (Å²) in [4.78, 5) is 25.5. The number of hydrogen-bond acceptors (Lipinski definition) is 3. The van der Waals surface area contributed by atoms with Gasteiger partial charge in [0.05, 0.1) is 7.11 Å². The molecule has 0 bridgehead atoms. The van der Waals surface area contributed by atoms with Gasteiger partial charge in [0.15, 0.2) is 0 Å².